The lowest BCUT2D eigenvalue weighted by Gasteiger charge is -2.16. The van der Waals surface area contributed by atoms with E-state index in [0.717, 1.165) is 31.8 Å². The van der Waals surface area contributed by atoms with Crippen LogP contribution in [0.15, 0.2) is 48.8 Å². The molecule has 0 spiro atoms. The Kier molecular flexibility index (Phi) is 13.3. The van der Waals surface area contributed by atoms with Crippen molar-refractivity contribution in [2.75, 3.05) is 31.6 Å². The molecular weight excluding hydrogens is 597 g/mol. The minimum absolute atomic E-state index is 0.0158. The number of benzene rings is 2. The number of para-hydroxylation sites is 1. The Hall–Kier alpha value is -4.21. The number of hydrogen-bond donors (Lipinski definition) is 2. The number of aliphatic hydroxyl groups excluding tert-OH is 1. The fourth-order valence-corrected chi connectivity index (χ4v) is 5.38. The van der Waals surface area contributed by atoms with E-state index >= 15 is 0 Å². The molecule has 1 aromatic heterocycles. The van der Waals surface area contributed by atoms with Crippen LogP contribution in [-0.4, -0.2) is 63.3 Å². The van der Waals surface area contributed by atoms with Gasteiger partial charge in [0.2, 0.25) is 0 Å². The van der Waals surface area contributed by atoms with E-state index in [1.54, 1.807) is 54.5 Å². The molecule has 9 nitrogen and oxygen atoms in total. The first-order valence-corrected chi connectivity index (χ1v) is 15.3. The fourth-order valence-electron chi connectivity index (χ4n) is 5.38. The van der Waals surface area contributed by atoms with Gasteiger partial charge in [-0.05, 0) is 66.5 Å². The molecule has 3 aromatic rings. The summed E-state index contributed by atoms with van der Waals surface area (Å²) in [4.78, 5) is 27.9. The Morgan fingerprint density at radius 3 is 2.52 bits per heavy atom. The van der Waals surface area contributed by atoms with E-state index in [0.29, 0.717) is 36.8 Å². The molecule has 2 N–H and O–H groups in total. The van der Waals surface area contributed by atoms with E-state index in [1.807, 2.05) is 11.6 Å². The molecule has 3 heterocycles. The van der Waals surface area contributed by atoms with Crippen LogP contribution in [0.5, 0.6) is 0 Å². The number of likely N-dealkylation sites (tertiary alicyclic amines) is 1. The summed E-state index contributed by atoms with van der Waals surface area (Å²) >= 11 is 0. The van der Waals surface area contributed by atoms with Gasteiger partial charge in [0.15, 0.2) is 0 Å². The van der Waals surface area contributed by atoms with Crippen LogP contribution in [0, 0.1) is 23.7 Å². The Balaban J connectivity index is 0.000000373. The van der Waals surface area contributed by atoms with E-state index in [9.17, 15) is 22.8 Å². The van der Waals surface area contributed by atoms with Gasteiger partial charge in [-0.2, -0.15) is 13.2 Å². The second kappa shape index (κ2) is 16.9. The lowest BCUT2D eigenvalue weighted by molar-refractivity contribution is -0.138. The number of carbonyl (C=O) groups is 2. The van der Waals surface area contributed by atoms with Gasteiger partial charge in [0.1, 0.15) is 12.2 Å². The molecule has 2 atom stereocenters. The van der Waals surface area contributed by atoms with Crippen molar-refractivity contribution in [3.8, 4) is 11.8 Å². The molecule has 0 saturated carbocycles. The Morgan fingerprint density at radius 1 is 1.20 bits per heavy atom. The van der Waals surface area contributed by atoms with Crippen molar-refractivity contribution in [1.82, 2.24) is 25.0 Å². The van der Waals surface area contributed by atoms with Crippen molar-refractivity contribution in [1.29, 1.82) is 0 Å². The van der Waals surface area contributed by atoms with Crippen molar-refractivity contribution in [3.63, 3.8) is 0 Å². The fraction of sp³-hybridized carbons (Fsp3) is 0.471. The molecule has 2 unspecified atom stereocenters. The molecule has 1 fully saturated rings. The summed E-state index contributed by atoms with van der Waals surface area (Å²) in [7, 11) is 2.98. The first-order valence-electron chi connectivity index (χ1n) is 15.3. The van der Waals surface area contributed by atoms with Crippen molar-refractivity contribution in [2.24, 2.45) is 18.9 Å². The topological polar surface area (TPSA) is 104 Å². The summed E-state index contributed by atoms with van der Waals surface area (Å²) in [5.74, 6) is 6.50. The second-order valence-corrected chi connectivity index (χ2v) is 11.4. The van der Waals surface area contributed by atoms with Crippen molar-refractivity contribution < 1.29 is 27.9 Å². The molecule has 1 saturated heterocycles. The van der Waals surface area contributed by atoms with Crippen molar-refractivity contribution >= 4 is 17.5 Å². The summed E-state index contributed by atoms with van der Waals surface area (Å²) < 4.78 is 43.5. The van der Waals surface area contributed by atoms with Crippen LogP contribution in [0.2, 0.25) is 0 Å². The molecule has 12 heteroatoms. The summed E-state index contributed by atoms with van der Waals surface area (Å²) in [5.41, 5.74) is 0.328. The zero-order valence-corrected chi connectivity index (χ0v) is 27.1. The lowest BCUT2D eigenvalue weighted by Crippen LogP contribution is -2.30. The number of fused-ring (bicyclic) bond motifs is 1. The third-order valence-corrected chi connectivity index (χ3v) is 8.07. The summed E-state index contributed by atoms with van der Waals surface area (Å²) in [6, 6.07) is 11.4. The maximum absolute atomic E-state index is 13.8. The first kappa shape index (κ1) is 36.3. The largest absolute Gasteiger partial charge is 0.416 e. The molecule has 2 aliphatic heterocycles. The number of alkyl halides is 3. The number of carbonyl (C=O) groups excluding carboxylic acids is 2. The standard InChI is InChI=1S/C25H24F3N3O2.C8H15N3.CH4O/c1-2-6-23(32)30-10-9-17(15-30)13-29-14-18-11-20-21(22(12-18)25(26,27)28)16-31(24(20)33)19-7-4-3-5-8-19;1-4-7(2)5-8-10-9-6-11(8)3;1-2/h3-5,7-8,11-12,17,29H,9-10,13-16H2,1H3;6-7H,4-5H2,1-3H3;2H,1H3. The van der Waals surface area contributed by atoms with Gasteiger partial charge in [0, 0.05) is 58.0 Å². The minimum Gasteiger partial charge on any atom is -0.400 e. The minimum atomic E-state index is -4.56. The van der Waals surface area contributed by atoms with E-state index in [4.69, 9.17) is 5.11 Å². The van der Waals surface area contributed by atoms with E-state index in [-0.39, 0.29) is 36.0 Å². The average Bonchev–Trinajstić information content (AvgIpc) is 3.77. The lowest BCUT2D eigenvalue weighted by atomic mass is 9.98. The molecule has 5 rings (SSSR count). The van der Waals surface area contributed by atoms with Gasteiger partial charge in [-0.15, -0.1) is 10.2 Å². The molecule has 0 bridgehead atoms. The van der Waals surface area contributed by atoms with Crippen LogP contribution in [-0.2, 0) is 37.5 Å². The number of nitrogens with one attached hydrogen (secondary N) is 1. The molecular formula is C34H43F3N6O3. The van der Waals surface area contributed by atoms with Crippen LogP contribution in [0.3, 0.4) is 0 Å². The molecule has 46 heavy (non-hydrogen) atoms. The van der Waals surface area contributed by atoms with Gasteiger partial charge in [-0.3, -0.25) is 9.59 Å². The zero-order valence-electron chi connectivity index (χ0n) is 27.1. The highest BCUT2D eigenvalue weighted by Gasteiger charge is 2.40. The highest BCUT2D eigenvalue weighted by molar-refractivity contribution is 6.10. The number of nitrogens with zero attached hydrogens (tertiary/aromatic N) is 5. The maximum atomic E-state index is 13.8. The van der Waals surface area contributed by atoms with E-state index in [1.165, 1.54) is 11.3 Å². The average molecular weight is 641 g/mol. The molecule has 2 aromatic carbocycles. The van der Waals surface area contributed by atoms with E-state index < -0.39 is 17.6 Å². The SMILES string of the molecule is CC#CC(=O)N1CCC(CNCc2cc3c(c(C(F)(F)F)c2)CN(c2ccccc2)C3=O)C1.CCC(C)Cc1nncn1C.CO. The van der Waals surface area contributed by atoms with Crippen molar-refractivity contribution in [2.45, 2.75) is 59.3 Å². The number of amides is 2. The van der Waals surface area contributed by atoms with Gasteiger partial charge in [-0.25, -0.2) is 0 Å². The number of aromatic nitrogens is 3. The Labute approximate surface area is 268 Å². The van der Waals surface area contributed by atoms with Crippen LogP contribution in [0.25, 0.3) is 0 Å². The number of anilines is 1. The van der Waals surface area contributed by atoms with Gasteiger partial charge in [0.25, 0.3) is 11.8 Å². The monoisotopic (exact) mass is 640 g/mol. The normalized spacial score (nSPS) is 16.0. The van der Waals surface area contributed by atoms with Crippen molar-refractivity contribution in [3.05, 3.63) is 76.9 Å². The van der Waals surface area contributed by atoms with Gasteiger partial charge < -0.3 is 24.8 Å². The Morgan fingerprint density at radius 2 is 1.91 bits per heavy atom. The summed E-state index contributed by atoms with van der Waals surface area (Å²) in [5, 5.41) is 18.0. The number of aryl methyl sites for hydroxylation is 1. The summed E-state index contributed by atoms with van der Waals surface area (Å²) in [6.07, 6.45) is 0.240. The number of rotatable bonds is 8. The first-order chi connectivity index (χ1) is 22.0. The van der Waals surface area contributed by atoms with Crippen LogP contribution in [0.1, 0.15) is 66.5 Å². The molecule has 248 valence electrons. The molecule has 0 radical (unpaired) electrons. The third-order valence-electron chi connectivity index (χ3n) is 8.07. The number of halogens is 3. The second-order valence-electron chi connectivity index (χ2n) is 11.4. The van der Waals surface area contributed by atoms with Gasteiger partial charge in [-0.1, -0.05) is 44.4 Å². The number of aliphatic hydroxyl groups is 1. The predicted octanol–water partition coefficient (Wildman–Crippen LogP) is 4.84. The van der Waals surface area contributed by atoms with Gasteiger partial charge >= 0.3 is 6.18 Å². The molecule has 2 aliphatic rings. The van der Waals surface area contributed by atoms with Crippen LogP contribution >= 0.6 is 0 Å². The maximum Gasteiger partial charge on any atom is 0.416 e. The Bertz CT molecular complexity index is 1510. The van der Waals surface area contributed by atoms with Crippen LogP contribution in [0.4, 0.5) is 18.9 Å². The molecule has 0 aliphatic carbocycles. The van der Waals surface area contributed by atoms with E-state index in [2.05, 4.69) is 41.2 Å². The smallest absolute Gasteiger partial charge is 0.400 e. The summed E-state index contributed by atoms with van der Waals surface area (Å²) in [6.45, 7) is 7.90. The number of hydrogen-bond acceptors (Lipinski definition) is 6. The van der Waals surface area contributed by atoms with Crippen LogP contribution < -0.4 is 10.2 Å². The molecule has 2 amide bonds. The predicted molar refractivity (Wildman–Crippen MR) is 171 cm³/mol. The van der Waals surface area contributed by atoms with Gasteiger partial charge in [0.05, 0.1) is 12.1 Å². The highest BCUT2D eigenvalue weighted by atomic mass is 19.4. The third kappa shape index (κ3) is 9.40. The quantitative estimate of drug-likeness (QED) is 0.342. The highest BCUT2D eigenvalue weighted by Crippen LogP contribution is 2.39. The zero-order chi connectivity index (χ0) is 33.9.